The van der Waals surface area contributed by atoms with Crippen molar-refractivity contribution in [3.8, 4) is 0 Å². The number of carbonyl (C=O) groups excluding carboxylic acids is 2. The Kier molecular flexibility index (Phi) is 5.11. The minimum Gasteiger partial charge on any atom is -0.326 e. The van der Waals surface area contributed by atoms with Crippen LogP contribution in [-0.2, 0) is 11.2 Å². The van der Waals surface area contributed by atoms with Crippen LogP contribution in [0.15, 0.2) is 73.1 Å². The third-order valence-corrected chi connectivity index (χ3v) is 3.43. The lowest BCUT2D eigenvalue weighted by molar-refractivity contribution is -0.115. The molecule has 0 aliphatic heterocycles. The van der Waals surface area contributed by atoms with Crippen molar-refractivity contribution in [1.82, 2.24) is 9.97 Å². The fourth-order valence-electron chi connectivity index (χ4n) is 2.23. The first kappa shape index (κ1) is 16.3. The zero-order valence-electron chi connectivity index (χ0n) is 13.3. The van der Waals surface area contributed by atoms with Gasteiger partial charge in [-0.3, -0.25) is 14.9 Å². The molecule has 2 amide bonds. The number of nitrogens with zero attached hydrogens (tertiary/aromatic N) is 2. The van der Waals surface area contributed by atoms with E-state index >= 15 is 0 Å². The van der Waals surface area contributed by atoms with Gasteiger partial charge in [-0.1, -0.05) is 30.3 Å². The van der Waals surface area contributed by atoms with Gasteiger partial charge in [0.15, 0.2) is 0 Å². The standard InChI is InChI=1S/C19H16N4O2/c24-17(13-14-5-2-1-3-6-14)22-16-9-7-15(8-10-16)18(25)23-19-20-11-4-12-21-19/h1-12H,13H2,(H,22,24)(H,20,21,23,25). The quantitative estimate of drug-likeness (QED) is 0.752. The summed E-state index contributed by atoms with van der Waals surface area (Å²) in [4.78, 5) is 32.0. The molecular formula is C19H16N4O2. The fraction of sp³-hybridized carbons (Fsp3) is 0.0526. The van der Waals surface area contributed by atoms with Crippen LogP contribution in [0.4, 0.5) is 11.6 Å². The average Bonchev–Trinajstić information content (AvgIpc) is 2.64. The number of aromatic nitrogens is 2. The predicted molar refractivity (Wildman–Crippen MR) is 95.2 cm³/mol. The molecule has 0 unspecified atom stereocenters. The summed E-state index contributed by atoms with van der Waals surface area (Å²) in [6.45, 7) is 0. The number of nitrogens with one attached hydrogen (secondary N) is 2. The van der Waals surface area contributed by atoms with E-state index < -0.39 is 0 Å². The SMILES string of the molecule is O=C(Cc1ccccc1)Nc1ccc(C(=O)Nc2ncccn2)cc1. The van der Waals surface area contributed by atoms with Gasteiger partial charge in [0.25, 0.3) is 5.91 Å². The van der Waals surface area contributed by atoms with Gasteiger partial charge in [0.2, 0.25) is 11.9 Å². The van der Waals surface area contributed by atoms with E-state index in [1.54, 1.807) is 42.7 Å². The Morgan fingerprint density at radius 1 is 0.800 bits per heavy atom. The Morgan fingerprint density at radius 3 is 2.16 bits per heavy atom. The third-order valence-electron chi connectivity index (χ3n) is 3.43. The molecule has 124 valence electrons. The van der Waals surface area contributed by atoms with Gasteiger partial charge in [-0.2, -0.15) is 0 Å². The van der Waals surface area contributed by atoms with Crippen LogP contribution in [0, 0.1) is 0 Å². The van der Waals surface area contributed by atoms with Crippen molar-refractivity contribution in [3.05, 3.63) is 84.2 Å². The van der Waals surface area contributed by atoms with Crippen LogP contribution in [0.5, 0.6) is 0 Å². The van der Waals surface area contributed by atoms with Crippen molar-refractivity contribution in [2.75, 3.05) is 10.6 Å². The van der Waals surface area contributed by atoms with Crippen LogP contribution >= 0.6 is 0 Å². The first-order valence-electron chi connectivity index (χ1n) is 7.73. The Labute approximate surface area is 145 Å². The molecule has 0 atom stereocenters. The number of rotatable bonds is 5. The van der Waals surface area contributed by atoms with Crippen molar-refractivity contribution < 1.29 is 9.59 Å². The molecule has 1 heterocycles. The molecule has 0 fully saturated rings. The molecule has 6 heteroatoms. The molecule has 0 spiro atoms. The van der Waals surface area contributed by atoms with Gasteiger partial charge >= 0.3 is 0 Å². The second kappa shape index (κ2) is 7.83. The summed E-state index contributed by atoms with van der Waals surface area (Å²) in [7, 11) is 0. The molecule has 3 aromatic rings. The number of carbonyl (C=O) groups is 2. The molecule has 1 aromatic heterocycles. The summed E-state index contributed by atoms with van der Waals surface area (Å²) >= 11 is 0. The van der Waals surface area contributed by atoms with E-state index in [1.807, 2.05) is 30.3 Å². The molecule has 0 bridgehead atoms. The number of benzene rings is 2. The van der Waals surface area contributed by atoms with E-state index in [2.05, 4.69) is 20.6 Å². The van der Waals surface area contributed by atoms with Crippen molar-refractivity contribution in [2.24, 2.45) is 0 Å². The van der Waals surface area contributed by atoms with Crippen LogP contribution < -0.4 is 10.6 Å². The Hall–Kier alpha value is -3.54. The van der Waals surface area contributed by atoms with Crippen molar-refractivity contribution in [1.29, 1.82) is 0 Å². The Morgan fingerprint density at radius 2 is 1.48 bits per heavy atom. The maximum atomic E-state index is 12.1. The van der Waals surface area contributed by atoms with Gasteiger partial charge in [-0.05, 0) is 35.9 Å². The fourth-order valence-corrected chi connectivity index (χ4v) is 2.23. The van der Waals surface area contributed by atoms with E-state index in [-0.39, 0.29) is 17.8 Å². The molecule has 2 N–H and O–H groups in total. The molecule has 2 aromatic carbocycles. The Bertz CT molecular complexity index is 850. The number of anilines is 2. The maximum absolute atomic E-state index is 12.1. The van der Waals surface area contributed by atoms with E-state index in [1.165, 1.54) is 0 Å². The van der Waals surface area contributed by atoms with Crippen molar-refractivity contribution in [3.63, 3.8) is 0 Å². The smallest absolute Gasteiger partial charge is 0.258 e. The molecule has 0 aliphatic rings. The maximum Gasteiger partial charge on any atom is 0.258 e. The van der Waals surface area contributed by atoms with Crippen LogP contribution in [0.2, 0.25) is 0 Å². The molecule has 0 radical (unpaired) electrons. The van der Waals surface area contributed by atoms with Gasteiger partial charge in [0, 0.05) is 23.6 Å². The number of hydrogen-bond acceptors (Lipinski definition) is 4. The minimum absolute atomic E-state index is 0.110. The summed E-state index contributed by atoms with van der Waals surface area (Å²) in [5, 5.41) is 5.41. The normalized spacial score (nSPS) is 10.1. The highest BCUT2D eigenvalue weighted by Gasteiger charge is 2.08. The molecule has 0 aliphatic carbocycles. The molecule has 0 saturated heterocycles. The second-order valence-corrected chi connectivity index (χ2v) is 5.31. The summed E-state index contributed by atoms with van der Waals surface area (Å²) in [5.74, 6) is -0.179. The second-order valence-electron chi connectivity index (χ2n) is 5.31. The lowest BCUT2D eigenvalue weighted by atomic mass is 10.1. The van der Waals surface area contributed by atoms with E-state index in [0.717, 1.165) is 5.56 Å². The highest BCUT2D eigenvalue weighted by atomic mass is 16.2. The molecule has 25 heavy (non-hydrogen) atoms. The zero-order valence-corrected chi connectivity index (χ0v) is 13.3. The largest absolute Gasteiger partial charge is 0.326 e. The first-order chi connectivity index (χ1) is 12.2. The van der Waals surface area contributed by atoms with Gasteiger partial charge in [-0.25, -0.2) is 9.97 Å². The minimum atomic E-state index is -0.312. The highest BCUT2D eigenvalue weighted by molar-refractivity contribution is 6.03. The van der Waals surface area contributed by atoms with Crippen molar-refractivity contribution in [2.45, 2.75) is 6.42 Å². The monoisotopic (exact) mass is 332 g/mol. The van der Waals surface area contributed by atoms with Gasteiger partial charge in [0.05, 0.1) is 6.42 Å². The summed E-state index contributed by atoms with van der Waals surface area (Å²) in [5.41, 5.74) is 2.03. The van der Waals surface area contributed by atoms with Crippen LogP contribution in [-0.4, -0.2) is 21.8 Å². The van der Waals surface area contributed by atoms with E-state index in [4.69, 9.17) is 0 Å². The van der Waals surface area contributed by atoms with Crippen LogP contribution in [0.1, 0.15) is 15.9 Å². The van der Waals surface area contributed by atoms with E-state index in [0.29, 0.717) is 17.7 Å². The van der Waals surface area contributed by atoms with E-state index in [9.17, 15) is 9.59 Å². The number of hydrogen-bond donors (Lipinski definition) is 2. The summed E-state index contributed by atoms with van der Waals surface area (Å²) < 4.78 is 0. The molecule has 6 nitrogen and oxygen atoms in total. The van der Waals surface area contributed by atoms with Gasteiger partial charge in [-0.15, -0.1) is 0 Å². The summed E-state index contributed by atoms with van der Waals surface area (Å²) in [6, 6.07) is 17.8. The molecule has 3 rings (SSSR count). The topological polar surface area (TPSA) is 84.0 Å². The summed E-state index contributed by atoms with van der Waals surface area (Å²) in [6.07, 6.45) is 3.40. The lowest BCUT2D eigenvalue weighted by Crippen LogP contribution is -2.15. The van der Waals surface area contributed by atoms with Crippen molar-refractivity contribution >= 4 is 23.5 Å². The predicted octanol–water partition coefficient (Wildman–Crippen LogP) is 2.91. The first-order valence-corrected chi connectivity index (χ1v) is 7.73. The molecular weight excluding hydrogens is 316 g/mol. The number of amides is 2. The zero-order chi connectivity index (χ0) is 17.5. The Balaban J connectivity index is 1.58. The molecule has 0 saturated carbocycles. The average molecular weight is 332 g/mol. The van der Waals surface area contributed by atoms with Crippen LogP contribution in [0.25, 0.3) is 0 Å². The van der Waals surface area contributed by atoms with Crippen LogP contribution in [0.3, 0.4) is 0 Å². The third kappa shape index (κ3) is 4.71. The van der Waals surface area contributed by atoms with Gasteiger partial charge in [0.1, 0.15) is 0 Å². The van der Waals surface area contributed by atoms with Gasteiger partial charge < -0.3 is 5.32 Å². The highest BCUT2D eigenvalue weighted by Crippen LogP contribution is 2.12. The lowest BCUT2D eigenvalue weighted by Gasteiger charge is -2.07.